The minimum Gasteiger partial charge on any atom is -0.343 e. The van der Waals surface area contributed by atoms with E-state index in [1.165, 1.54) is 24.4 Å². The number of anilines is 1. The topological polar surface area (TPSA) is 55.0 Å². The van der Waals surface area contributed by atoms with Gasteiger partial charge in [-0.2, -0.15) is 4.37 Å². The molecule has 1 fully saturated rings. The number of nitrogens with two attached hydrogens (primary N) is 1. The van der Waals surface area contributed by atoms with E-state index in [1.807, 2.05) is 6.92 Å². The van der Waals surface area contributed by atoms with Gasteiger partial charge in [0.05, 0.1) is 0 Å². The van der Waals surface area contributed by atoms with E-state index in [2.05, 4.69) is 21.2 Å². The Morgan fingerprint density at radius 3 is 3.00 bits per heavy atom. The molecular weight excluding hydrogens is 208 g/mol. The van der Waals surface area contributed by atoms with Gasteiger partial charge >= 0.3 is 0 Å². The summed E-state index contributed by atoms with van der Waals surface area (Å²) in [6.07, 6.45) is 2.41. The molecule has 2 N–H and O–H groups in total. The molecule has 2 rings (SSSR count). The normalized spacial score (nSPS) is 27.0. The van der Waals surface area contributed by atoms with Gasteiger partial charge < -0.3 is 10.6 Å². The first-order chi connectivity index (χ1) is 7.20. The molecule has 0 amide bonds. The third-order valence-corrected chi connectivity index (χ3v) is 3.86. The molecule has 2 unspecified atom stereocenters. The Kier molecular flexibility index (Phi) is 3.21. The zero-order chi connectivity index (χ0) is 10.8. The lowest BCUT2D eigenvalue weighted by atomic mass is 9.93. The number of hydrogen-bond acceptors (Lipinski definition) is 5. The largest absolute Gasteiger partial charge is 0.343 e. The number of hydrogen-bond donors (Lipinski definition) is 1. The Morgan fingerprint density at radius 1 is 1.60 bits per heavy atom. The van der Waals surface area contributed by atoms with Crippen LogP contribution in [0.3, 0.4) is 0 Å². The number of piperidine rings is 1. The third kappa shape index (κ3) is 2.29. The SMILES string of the molecule is Cc1nsc(N2CCC(C)CC2CN)n1. The first kappa shape index (κ1) is 10.8. The van der Waals surface area contributed by atoms with Crippen molar-refractivity contribution in [3.8, 4) is 0 Å². The Labute approximate surface area is 94.7 Å². The van der Waals surface area contributed by atoms with Crippen LogP contribution in [0.4, 0.5) is 5.13 Å². The molecule has 1 aromatic heterocycles. The highest BCUT2D eigenvalue weighted by Crippen LogP contribution is 2.28. The highest BCUT2D eigenvalue weighted by Gasteiger charge is 2.27. The Hall–Kier alpha value is -0.680. The average molecular weight is 226 g/mol. The quantitative estimate of drug-likeness (QED) is 0.828. The molecule has 1 saturated heterocycles. The predicted molar refractivity (Wildman–Crippen MR) is 63.2 cm³/mol. The van der Waals surface area contributed by atoms with Crippen molar-refractivity contribution in [1.82, 2.24) is 9.36 Å². The molecule has 5 heteroatoms. The molecule has 15 heavy (non-hydrogen) atoms. The molecule has 0 spiro atoms. The summed E-state index contributed by atoms with van der Waals surface area (Å²) in [5.41, 5.74) is 5.81. The van der Waals surface area contributed by atoms with E-state index >= 15 is 0 Å². The van der Waals surface area contributed by atoms with Crippen LogP contribution in [0.1, 0.15) is 25.6 Å². The van der Waals surface area contributed by atoms with Crippen molar-refractivity contribution < 1.29 is 0 Å². The summed E-state index contributed by atoms with van der Waals surface area (Å²) in [5, 5.41) is 1.04. The van der Waals surface area contributed by atoms with E-state index in [0.717, 1.165) is 23.4 Å². The first-order valence-corrected chi connectivity index (χ1v) is 6.25. The molecule has 2 heterocycles. The zero-order valence-corrected chi connectivity index (χ0v) is 10.1. The van der Waals surface area contributed by atoms with Gasteiger partial charge in [0.25, 0.3) is 0 Å². The molecular formula is C10H18N4S. The molecule has 0 aliphatic carbocycles. The van der Waals surface area contributed by atoms with Crippen LogP contribution in [0, 0.1) is 12.8 Å². The number of nitrogens with zero attached hydrogens (tertiary/aromatic N) is 3. The standard InChI is InChI=1S/C10H18N4S/c1-7-3-4-14(9(5-7)6-11)10-12-8(2)13-15-10/h7,9H,3-6,11H2,1-2H3. The maximum Gasteiger partial charge on any atom is 0.205 e. The maximum atomic E-state index is 5.81. The van der Waals surface area contributed by atoms with Crippen molar-refractivity contribution in [3.63, 3.8) is 0 Å². The number of aryl methyl sites for hydroxylation is 1. The van der Waals surface area contributed by atoms with Gasteiger partial charge in [-0.05, 0) is 25.7 Å². The smallest absolute Gasteiger partial charge is 0.205 e. The monoisotopic (exact) mass is 226 g/mol. The van der Waals surface area contributed by atoms with E-state index in [-0.39, 0.29) is 0 Å². The molecule has 1 aromatic rings. The summed E-state index contributed by atoms with van der Waals surface area (Å²) in [7, 11) is 0. The fraction of sp³-hybridized carbons (Fsp3) is 0.800. The van der Waals surface area contributed by atoms with Crippen LogP contribution in [0.25, 0.3) is 0 Å². The Morgan fingerprint density at radius 2 is 2.40 bits per heavy atom. The van der Waals surface area contributed by atoms with Gasteiger partial charge in [-0.1, -0.05) is 6.92 Å². The van der Waals surface area contributed by atoms with E-state index in [4.69, 9.17) is 5.73 Å². The lowest BCUT2D eigenvalue weighted by Crippen LogP contribution is -2.46. The molecule has 4 nitrogen and oxygen atoms in total. The van der Waals surface area contributed by atoms with Gasteiger partial charge in [0.1, 0.15) is 5.82 Å². The predicted octanol–water partition coefficient (Wildman–Crippen LogP) is 1.41. The highest BCUT2D eigenvalue weighted by atomic mass is 32.1. The van der Waals surface area contributed by atoms with Crippen molar-refractivity contribution >= 4 is 16.7 Å². The summed E-state index contributed by atoms with van der Waals surface area (Å²) >= 11 is 1.49. The van der Waals surface area contributed by atoms with Crippen molar-refractivity contribution in [3.05, 3.63) is 5.82 Å². The second-order valence-electron chi connectivity index (χ2n) is 4.34. The minimum absolute atomic E-state index is 0.445. The fourth-order valence-electron chi connectivity index (χ4n) is 2.13. The second-order valence-corrected chi connectivity index (χ2v) is 5.07. The third-order valence-electron chi connectivity index (χ3n) is 3.01. The van der Waals surface area contributed by atoms with Crippen LogP contribution < -0.4 is 10.6 Å². The average Bonchev–Trinajstić information content (AvgIpc) is 2.64. The number of aromatic nitrogens is 2. The van der Waals surface area contributed by atoms with Gasteiger partial charge in [-0.15, -0.1) is 0 Å². The summed E-state index contributed by atoms with van der Waals surface area (Å²) in [4.78, 5) is 6.76. The van der Waals surface area contributed by atoms with E-state index in [0.29, 0.717) is 12.6 Å². The highest BCUT2D eigenvalue weighted by molar-refractivity contribution is 7.09. The molecule has 2 atom stereocenters. The summed E-state index contributed by atoms with van der Waals surface area (Å²) < 4.78 is 4.23. The zero-order valence-electron chi connectivity index (χ0n) is 9.31. The van der Waals surface area contributed by atoms with Gasteiger partial charge in [0, 0.05) is 30.7 Å². The molecule has 1 aliphatic rings. The van der Waals surface area contributed by atoms with Crippen molar-refractivity contribution in [2.24, 2.45) is 11.7 Å². The van der Waals surface area contributed by atoms with Crippen molar-refractivity contribution in [1.29, 1.82) is 0 Å². The van der Waals surface area contributed by atoms with Crippen LogP contribution in [0.15, 0.2) is 0 Å². The molecule has 0 bridgehead atoms. The minimum atomic E-state index is 0.445. The van der Waals surface area contributed by atoms with Gasteiger partial charge in [-0.3, -0.25) is 0 Å². The molecule has 0 radical (unpaired) electrons. The summed E-state index contributed by atoms with van der Waals surface area (Å²) in [6, 6.07) is 0.445. The van der Waals surface area contributed by atoms with Crippen LogP contribution in [-0.4, -0.2) is 28.5 Å². The van der Waals surface area contributed by atoms with Crippen LogP contribution in [0.5, 0.6) is 0 Å². The first-order valence-electron chi connectivity index (χ1n) is 5.47. The van der Waals surface area contributed by atoms with Gasteiger partial charge in [-0.25, -0.2) is 4.98 Å². The molecule has 84 valence electrons. The summed E-state index contributed by atoms with van der Waals surface area (Å²) in [6.45, 7) is 6.01. The van der Waals surface area contributed by atoms with E-state index < -0.39 is 0 Å². The van der Waals surface area contributed by atoms with E-state index in [1.54, 1.807) is 0 Å². The summed E-state index contributed by atoms with van der Waals surface area (Å²) in [5.74, 6) is 1.65. The molecule has 0 aromatic carbocycles. The molecule has 0 saturated carbocycles. The lowest BCUT2D eigenvalue weighted by molar-refractivity contribution is 0.366. The van der Waals surface area contributed by atoms with Crippen molar-refractivity contribution in [2.75, 3.05) is 18.0 Å². The van der Waals surface area contributed by atoms with Gasteiger partial charge in [0.15, 0.2) is 0 Å². The van der Waals surface area contributed by atoms with Crippen LogP contribution in [0.2, 0.25) is 0 Å². The maximum absolute atomic E-state index is 5.81. The van der Waals surface area contributed by atoms with Crippen molar-refractivity contribution in [2.45, 2.75) is 32.7 Å². The van der Waals surface area contributed by atoms with Gasteiger partial charge in [0.2, 0.25) is 5.13 Å². The van der Waals surface area contributed by atoms with E-state index in [9.17, 15) is 0 Å². The Bertz CT molecular complexity index is 325. The Balaban J connectivity index is 2.13. The lowest BCUT2D eigenvalue weighted by Gasteiger charge is -2.37. The number of rotatable bonds is 2. The second kappa shape index (κ2) is 4.45. The fourth-order valence-corrected chi connectivity index (χ4v) is 2.90. The van der Waals surface area contributed by atoms with Crippen LogP contribution >= 0.6 is 11.5 Å². The molecule has 1 aliphatic heterocycles. The van der Waals surface area contributed by atoms with Crippen LogP contribution in [-0.2, 0) is 0 Å².